The first-order chi connectivity index (χ1) is 17.6. The first kappa shape index (κ1) is 25.7. The van der Waals surface area contributed by atoms with Gasteiger partial charge in [0.15, 0.2) is 24.2 Å². The van der Waals surface area contributed by atoms with Gasteiger partial charge in [0, 0.05) is 30.6 Å². The molecule has 7 fully saturated rings. The van der Waals surface area contributed by atoms with E-state index in [0.717, 1.165) is 32.1 Å². The van der Waals surface area contributed by atoms with Crippen LogP contribution in [0.5, 0.6) is 0 Å². The van der Waals surface area contributed by atoms with Gasteiger partial charge in [0.2, 0.25) is 0 Å². The van der Waals surface area contributed by atoms with E-state index in [1.54, 1.807) is 6.92 Å². The van der Waals surface area contributed by atoms with Crippen molar-refractivity contribution in [1.82, 2.24) is 0 Å². The van der Waals surface area contributed by atoms with Crippen molar-refractivity contribution in [3.05, 3.63) is 0 Å². The molecule has 0 aromatic carbocycles. The Morgan fingerprint density at radius 2 is 1.22 bits per heavy atom. The summed E-state index contributed by atoms with van der Waals surface area (Å²) in [6.45, 7) is 11.3. The van der Waals surface area contributed by atoms with Crippen molar-refractivity contribution < 1.29 is 29.2 Å². The molecule has 17 unspecified atom stereocenters. The lowest BCUT2D eigenvalue weighted by Crippen LogP contribution is -2.61. The lowest BCUT2D eigenvalue weighted by atomic mass is 9.55. The third kappa shape index (κ3) is 3.94. The standard InChI is InChI=1S/C31H50O6/c1-15-6-7-20-17(3)24-8-9-25-18(4)22-14-23(31(33)13-11-19(15)26(20)29(35-24)37-31)16(2)21-10-12-30(5,32)36-28(34-25)27(21)22/h15-29,32-33H,6-14H2,1-5H3. The normalized spacial score (nSPS) is 63.2. The predicted molar refractivity (Wildman–Crippen MR) is 138 cm³/mol. The molecule has 5 aliphatic heterocycles. The Bertz CT molecular complexity index is 878. The van der Waals surface area contributed by atoms with Gasteiger partial charge in [-0.15, -0.1) is 0 Å². The highest BCUT2D eigenvalue weighted by atomic mass is 16.8. The minimum atomic E-state index is -1.18. The van der Waals surface area contributed by atoms with E-state index in [1.807, 2.05) is 0 Å². The molecule has 6 nitrogen and oxygen atoms in total. The van der Waals surface area contributed by atoms with Crippen LogP contribution in [0, 0.1) is 65.1 Å². The summed E-state index contributed by atoms with van der Waals surface area (Å²) in [5.41, 5.74) is 0. The van der Waals surface area contributed by atoms with E-state index in [2.05, 4.69) is 27.7 Å². The van der Waals surface area contributed by atoms with Crippen LogP contribution in [0.4, 0.5) is 0 Å². The van der Waals surface area contributed by atoms with Gasteiger partial charge >= 0.3 is 0 Å². The zero-order valence-corrected chi connectivity index (χ0v) is 23.6. The van der Waals surface area contributed by atoms with E-state index in [4.69, 9.17) is 18.9 Å². The number of hydrogen-bond donors (Lipinski definition) is 2. The molecule has 0 aromatic rings. The molecule has 2 N–H and O–H groups in total. The molecule has 5 saturated heterocycles. The molecular weight excluding hydrogens is 468 g/mol. The Balaban J connectivity index is 1.33. The first-order valence-corrected chi connectivity index (χ1v) is 15.7. The fourth-order valence-corrected chi connectivity index (χ4v) is 10.9. The monoisotopic (exact) mass is 518 g/mol. The second-order valence-electron chi connectivity index (χ2n) is 14.8. The van der Waals surface area contributed by atoms with Crippen LogP contribution in [0.1, 0.15) is 92.4 Å². The topological polar surface area (TPSA) is 77.4 Å². The molecule has 0 radical (unpaired) electrons. The van der Waals surface area contributed by atoms with E-state index in [1.165, 1.54) is 12.8 Å². The quantitative estimate of drug-likeness (QED) is 0.453. The number of fused-ring (bicyclic) bond motifs is 5. The molecule has 2 saturated carbocycles. The third-order valence-corrected chi connectivity index (χ3v) is 13.1. The van der Waals surface area contributed by atoms with Crippen LogP contribution in [0.3, 0.4) is 0 Å². The Morgan fingerprint density at radius 1 is 0.622 bits per heavy atom. The smallest absolute Gasteiger partial charge is 0.171 e. The van der Waals surface area contributed by atoms with Crippen molar-refractivity contribution in [1.29, 1.82) is 0 Å². The van der Waals surface area contributed by atoms with Gasteiger partial charge in [-0.1, -0.05) is 34.1 Å². The van der Waals surface area contributed by atoms with Gasteiger partial charge in [0.1, 0.15) is 0 Å². The van der Waals surface area contributed by atoms with Crippen LogP contribution in [0.2, 0.25) is 0 Å². The summed E-state index contributed by atoms with van der Waals surface area (Å²) < 4.78 is 27.0. The third-order valence-electron chi connectivity index (χ3n) is 13.1. The second-order valence-corrected chi connectivity index (χ2v) is 14.8. The molecule has 5 heterocycles. The minimum absolute atomic E-state index is 0.0541. The van der Waals surface area contributed by atoms with E-state index in [0.29, 0.717) is 60.2 Å². The lowest BCUT2D eigenvalue weighted by molar-refractivity contribution is -0.377. The summed E-state index contributed by atoms with van der Waals surface area (Å²) >= 11 is 0. The van der Waals surface area contributed by atoms with Crippen molar-refractivity contribution in [2.75, 3.05) is 0 Å². The molecule has 0 spiro atoms. The molecular formula is C31H50O6. The van der Waals surface area contributed by atoms with Crippen LogP contribution in [-0.4, -0.2) is 46.6 Å². The molecule has 0 amide bonds. The largest absolute Gasteiger partial charge is 0.366 e. The van der Waals surface area contributed by atoms with E-state index in [9.17, 15) is 10.2 Å². The summed E-state index contributed by atoms with van der Waals surface area (Å²) in [5, 5.41) is 23.6. The summed E-state index contributed by atoms with van der Waals surface area (Å²) in [6, 6.07) is 0. The average Bonchev–Trinajstić information content (AvgIpc) is 3.08. The maximum absolute atomic E-state index is 12.6. The number of rotatable bonds is 0. The number of hydrogen-bond acceptors (Lipinski definition) is 6. The molecule has 6 heteroatoms. The molecule has 37 heavy (non-hydrogen) atoms. The summed E-state index contributed by atoms with van der Waals surface area (Å²) in [7, 11) is 0. The Morgan fingerprint density at radius 3 is 1.95 bits per heavy atom. The Kier molecular flexibility index (Phi) is 6.17. The van der Waals surface area contributed by atoms with Gasteiger partial charge in [0.25, 0.3) is 0 Å². The molecule has 2 aliphatic carbocycles. The first-order valence-electron chi connectivity index (χ1n) is 15.7. The Labute approximate surface area is 223 Å². The van der Waals surface area contributed by atoms with Crippen molar-refractivity contribution in [2.24, 2.45) is 65.1 Å². The van der Waals surface area contributed by atoms with E-state index in [-0.39, 0.29) is 42.5 Å². The zero-order chi connectivity index (χ0) is 25.9. The minimum Gasteiger partial charge on any atom is -0.366 e. The molecule has 0 aromatic heterocycles. The van der Waals surface area contributed by atoms with Crippen LogP contribution in [0.25, 0.3) is 0 Å². The molecule has 7 rings (SSSR count). The zero-order valence-electron chi connectivity index (χ0n) is 23.6. The van der Waals surface area contributed by atoms with Crippen molar-refractivity contribution in [3.63, 3.8) is 0 Å². The van der Waals surface area contributed by atoms with Crippen LogP contribution >= 0.6 is 0 Å². The number of aliphatic hydroxyl groups is 2. The Hall–Kier alpha value is -0.240. The van der Waals surface area contributed by atoms with Gasteiger partial charge in [-0.3, -0.25) is 0 Å². The van der Waals surface area contributed by atoms with Gasteiger partial charge < -0.3 is 29.2 Å². The average molecular weight is 519 g/mol. The van der Waals surface area contributed by atoms with Gasteiger partial charge in [0.05, 0.1) is 12.2 Å². The summed E-state index contributed by atoms with van der Waals surface area (Å²) in [5.74, 6) is 2.01. The van der Waals surface area contributed by atoms with Crippen LogP contribution in [-0.2, 0) is 18.9 Å². The van der Waals surface area contributed by atoms with Crippen LogP contribution < -0.4 is 0 Å². The molecule has 17 atom stereocenters. The van der Waals surface area contributed by atoms with E-state index < -0.39 is 11.6 Å². The van der Waals surface area contributed by atoms with Crippen molar-refractivity contribution >= 4 is 0 Å². The highest BCUT2D eigenvalue weighted by molar-refractivity contribution is 5.05. The summed E-state index contributed by atoms with van der Waals surface area (Å²) in [4.78, 5) is 0. The van der Waals surface area contributed by atoms with Gasteiger partial charge in [-0.2, -0.15) is 0 Å². The van der Waals surface area contributed by atoms with Crippen LogP contribution in [0.15, 0.2) is 0 Å². The number of ether oxygens (including phenoxy) is 4. The molecule has 6 bridgehead atoms. The maximum atomic E-state index is 12.6. The van der Waals surface area contributed by atoms with Crippen molar-refractivity contribution in [3.8, 4) is 0 Å². The summed E-state index contributed by atoms with van der Waals surface area (Å²) in [6.07, 6.45) is 8.09. The highest BCUT2D eigenvalue weighted by Crippen LogP contribution is 2.61. The van der Waals surface area contributed by atoms with Gasteiger partial charge in [-0.25, -0.2) is 0 Å². The predicted octanol–water partition coefficient (Wildman–Crippen LogP) is 5.30. The fraction of sp³-hybridized carbons (Fsp3) is 1.00. The SMILES string of the molecule is CC1CCC2C(C)C3CCC4OC5OC(C)(O)CCC6C(C)C(CC(C4C)C56)C4(O)CCC1C2C(O3)O4. The van der Waals surface area contributed by atoms with E-state index >= 15 is 0 Å². The maximum Gasteiger partial charge on any atom is 0.171 e. The second kappa shape index (κ2) is 8.88. The lowest BCUT2D eigenvalue weighted by Gasteiger charge is -2.58. The fourth-order valence-electron chi connectivity index (χ4n) is 10.9. The molecule has 7 aliphatic rings. The van der Waals surface area contributed by atoms with Crippen molar-refractivity contribution in [2.45, 2.75) is 129 Å². The van der Waals surface area contributed by atoms with Gasteiger partial charge in [-0.05, 0) is 92.8 Å². The molecule has 210 valence electrons. The highest BCUT2D eigenvalue weighted by Gasteiger charge is 2.62.